The zero-order valence-corrected chi connectivity index (χ0v) is 9.12. The molecule has 0 bridgehead atoms. The molecule has 0 aromatic carbocycles. The molecule has 0 saturated heterocycles. The highest BCUT2D eigenvalue weighted by Crippen LogP contribution is 2.11. The lowest BCUT2D eigenvalue weighted by Crippen LogP contribution is -2.31. The Kier molecular flexibility index (Phi) is 3.47. The second kappa shape index (κ2) is 4.86. The molecule has 2 rings (SSSR count). The molecule has 0 saturated carbocycles. The molecular formula is C9H11F2N3OS. The first-order chi connectivity index (χ1) is 7.66. The van der Waals surface area contributed by atoms with Gasteiger partial charge in [-0.05, 0) is 0 Å². The summed E-state index contributed by atoms with van der Waals surface area (Å²) in [5.74, 6) is 0. The third-order valence-electron chi connectivity index (χ3n) is 2.09. The monoisotopic (exact) mass is 247 g/mol. The summed E-state index contributed by atoms with van der Waals surface area (Å²) in [6.07, 6.45) is -0.625. The fraction of sp³-hybridized carbons (Fsp3) is 0.444. The minimum absolute atomic E-state index is 0.136. The molecule has 2 aromatic heterocycles. The maximum atomic E-state index is 12.0. The predicted octanol–water partition coefficient (Wildman–Crippen LogP) is 1.11. The van der Waals surface area contributed by atoms with Gasteiger partial charge in [-0.15, -0.1) is 11.3 Å². The molecule has 0 amide bonds. The first-order valence-electron chi connectivity index (χ1n) is 4.75. The Bertz CT molecular complexity index is 428. The van der Waals surface area contributed by atoms with Crippen LogP contribution in [0.1, 0.15) is 5.69 Å². The van der Waals surface area contributed by atoms with Crippen LogP contribution in [0.25, 0.3) is 4.96 Å². The Morgan fingerprint density at radius 1 is 1.56 bits per heavy atom. The third-order valence-corrected chi connectivity index (χ3v) is 2.86. The first kappa shape index (κ1) is 11.4. The summed E-state index contributed by atoms with van der Waals surface area (Å²) in [6.45, 7) is 0.237. The highest BCUT2D eigenvalue weighted by molar-refractivity contribution is 7.15. The molecule has 1 atom stereocenters. The molecule has 2 aromatic rings. The lowest BCUT2D eigenvalue weighted by atomic mass is 10.3. The van der Waals surface area contributed by atoms with Crippen molar-refractivity contribution in [3.05, 3.63) is 23.5 Å². The van der Waals surface area contributed by atoms with Crippen molar-refractivity contribution in [1.82, 2.24) is 14.7 Å². The number of nitrogens with zero attached hydrogens (tertiary/aromatic N) is 2. The molecule has 88 valence electrons. The Labute approximate surface area is 94.5 Å². The van der Waals surface area contributed by atoms with E-state index in [0.29, 0.717) is 6.54 Å². The van der Waals surface area contributed by atoms with Gasteiger partial charge in [-0.1, -0.05) is 0 Å². The van der Waals surface area contributed by atoms with Crippen molar-refractivity contribution in [2.75, 3.05) is 6.54 Å². The molecule has 2 heterocycles. The number of hydrogen-bond donors (Lipinski definition) is 2. The van der Waals surface area contributed by atoms with Crippen molar-refractivity contribution in [3.8, 4) is 0 Å². The largest absolute Gasteiger partial charge is 0.386 e. The van der Waals surface area contributed by atoms with Crippen LogP contribution >= 0.6 is 11.3 Å². The van der Waals surface area contributed by atoms with Crippen LogP contribution in [0.2, 0.25) is 0 Å². The number of aliphatic hydroxyl groups excluding tert-OH is 1. The lowest BCUT2D eigenvalue weighted by molar-refractivity contribution is -0.00343. The molecule has 7 heteroatoms. The van der Waals surface area contributed by atoms with Gasteiger partial charge in [-0.25, -0.2) is 13.8 Å². The standard InChI is InChI=1S/C9H11F2N3OS/c10-8(11)7(15)4-12-3-6-5-14-1-2-16-9(14)13-6/h1-2,5,7-8,12,15H,3-4H2. The average Bonchev–Trinajstić information content (AvgIpc) is 2.77. The fourth-order valence-corrected chi connectivity index (χ4v) is 2.02. The van der Waals surface area contributed by atoms with Crippen LogP contribution in [0.5, 0.6) is 0 Å². The number of alkyl halides is 2. The van der Waals surface area contributed by atoms with E-state index in [9.17, 15) is 8.78 Å². The Morgan fingerprint density at radius 3 is 3.06 bits per heavy atom. The van der Waals surface area contributed by atoms with Gasteiger partial charge in [0.1, 0.15) is 6.10 Å². The second-order valence-electron chi connectivity index (χ2n) is 3.36. The van der Waals surface area contributed by atoms with E-state index in [1.54, 1.807) is 0 Å². The van der Waals surface area contributed by atoms with Crippen molar-refractivity contribution in [3.63, 3.8) is 0 Å². The number of aliphatic hydroxyl groups is 1. The van der Waals surface area contributed by atoms with Crippen LogP contribution < -0.4 is 5.32 Å². The number of aromatic nitrogens is 2. The van der Waals surface area contributed by atoms with Crippen LogP contribution in [-0.4, -0.2) is 33.6 Å². The van der Waals surface area contributed by atoms with Crippen molar-refractivity contribution < 1.29 is 13.9 Å². The summed E-state index contributed by atoms with van der Waals surface area (Å²) in [5, 5.41) is 13.5. The minimum atomic E-state index is -2.71. The molecule has 0 aliphatic rings. The van der Waals surface area contributed by atoms with E-state index in [1.165, 1.54) is 11.3 Å². The summed E-state index contributed by atoms with van der Waals surface area (Å²) in [7, 11) is 0. The van der Waals surface area contributed by atoms with Gasteiger partial charge in [0.05, 0.1) is 5.69 Å². The Morgan fingerprint density at radius 2 is 2.38 bits per heavy atom. The van der Waals surface area contributed by atoms with Crippen molar-refractivity contribution >= 4 is 16.3 Å². The number of rotatable bonds is 5. The van der Waals surface area contributed by atoms with Crippen LogP contribution in [0.3, 0.4) is 0 Å². The summed E-state index contributed by atoms with van der Waals surface area (Å²) in [6, 6.07) is 0. The zero-order chi connectivity index (χ0) is 11.5. The molecule has 0 spiro atoms. The van der Waals surface area contributed by atoms with E-state index >= 15 is 0 Å². The van der Waals surface area contributed by atoms with Crippen LogP contribution in [0.15, 0.2) is 17.8 Å². The van der Waals surface area contributed by atoms with Gasteiger partial charge >= 0.3 is 0 Å². The predicted molar refractivity (Wildman–Crippen MR) is 56.8 cm³/mol. The van der Waals surface area contributed by atoms with Gasteiger partial charge < -0.3 is 10.4 Å². The quantitative estimate of drug-likeness (QED) is 0.832. The van der Waals surface area contributed by atoms with E-state index < -0.39 is 12.5 Å². The zero-order valence-electron chi connectivity index (χ0n) is 8.31. The smallest absolute Gasteiger partial charge is 0.265 e. The summed E-state index contributed by atoms with van der Waals surface area (Å²) in [4.78, 5) is 5.13. The minimum Gasteiger partial charge on any atom is -0.386 e. The van der Waals surface area contributed by atoms with Crippen molar-refractivity contribution in [2.24, 2.45) is 0 Å². The highest BCUT2D eigenvalue weighted by Gasteiger charge is 2.15. The number of halogens is 2. The van der Waals surface area contributed by atoms with Crippen LogP contribution in [0, 0.1) is 0 Å². The molecule has 4 nitrogen and oxygen atoms in total. The maximum Gasteiger partial charge on any atom is 0.265 e. The maximum absolute atomic E-state index is 12.0. The molecule has 0 aliphatic carbocycles. The fourth-order valence-electron chi connectivity index (χ4n) is 1.30. The van der Waals surface area contributed by atoms with Gasteiger partial charge in [0.25, 0.3) is 6.43 Å². The Hall–Kier alpha value is -1.05. The van der Waals surface area contributed by atoms with Crippen LogP contribution in [0.4, 0.5) is 8.78 Å². The molecule has 0 fully saturated rings. The van der Waals surface area contributed by atoms with Gasteiger partial charge in [0, 0.05) is 30.9 Å². The molecule has 1 unspecified atom stereocenters. The lowest BCUT2D eigenvalue weighted by Gasteiger charge is -2.09. The number of hydrogen-bond acceptors (Lipinski definition) is 4. The topological polar surface area (TPSA) is 49.6 Å². The molecule has 0 radical (unpaired) electrons. The van der Waals surface area contributed by atoms with Gasteiger partial charge in [-0.2, -0.15) is 0 Å². The number of nitrogens with one attached hydrogen (secondary N) is 1. The summed E-state index contributed by atoms with van der Waals surface area (Å²) >= 11 is 1.51. The van der Waals surface area contributed by atoms with Gasteiger partial charge in [0.2, 0.25) is 0 Å². The van der Waals surface area contributed by atoms with E-state index in [4.69, 9.17) is 5.11 Å². The van der Waals surface area contributed by atoms with Gasteiger partial charge in [-0.3, -0.25) is 4.40 Å². The van der Waals surface area contributed by atoms with Crippen molar-refractivity contribution in [1.29, 1.82) is 0 Å². The third kappa shape index (κ3) is 2.55. The number of imidazole rings is 1. The highest BCUT2D eigenvalue weighted by atomic mass is 32.1. The van der Waals surface area contributed by atoms with Gasteiger partial charge in [0.15, 0.2) is 4.96 Å². The number of fused-ring (bicyclic) bond motifs is 1. The molecule has 2 N–H and O–H groups in total. The summed E-state index contributed by atoms with van der Waals surface area (Å²) < 4.78 is 25.8. The van der Waals surface area contributed by atoms with E-state index in [1.807, 2.05) is 22.2 Å². The first-order valence-corrected chi connectivity index (χ1v) is 5.63. The molecule has 0 aliphatic heterocycles. The number of thiazole rings is 1. The molecular weight excluding hydrogens is 236 g/mol. The molecule has 16 heavy (non-hydrogen) atoms. The second-order valence-corrected chi connectivity index (χ2v) is 4.23. The van der Waals surface area contributed by atoms with E-state index in [-0.39, 0.29) is 6.54 Å². The normalized spacial score (nSPS) is 13.8. The van der Waals surface area contributed by atoms with E-state index in [0.717, 1.165) is 10.7 Å². The summed E-state index contributed by atoms with van der Waals surface area (Å²) in [5.41, 5.74) is 0.772. The van der Waals surface area contributed by atoms with Crippen LogP contribution in [-0.2, 0) is 6.54 Å². The average molecular weight is 247 g/mol. The Balaban J connectivity index is 1.84. The van der Waals surface area contributed by atoms with E-state index in [2.05, 4.69) is 10.3 Å². The SMILES string of the molecule is OC(CNCc1cn2ccsc2n1)C(F)F. The van der Waals surface area contributed by atoms with Crippen molar-refractivity contribution in [2.45, 2.75) is 19.1 Å².